The van der Waals surface area contributed by atoms with Gasteiger partial charge in [-0.15, -0.1) is 0 Å². The van der Waals surface area contributed by atoms with Crippen molar-refractivity contribution < 1.29 is 9.59 Å². The molecule has 0 bridgehead atoms. The molecule has 0 saturated heterocycles. The fourth-order valence-electron chi connectivity index (χ4n) is 2.10. The second kappa shape index (κ2) is 6.98. The van der Waals surface area contributed by atoms with Crippen LogP contribution in [0.4, 0.5) is 5.82 Å². The average Bonchev–Trinajstić information content (AvgIpc) is 2.50. The molecule has 0 aliphatic carbocycles. The summed E-state index contributed by atoms with van der Waals surface area (Å²) >= 11 is 0. The molecule has 2 rings (SSSR count). The molecule has 0 unspecified atom stereocenters. The highest BCUT2D eigenvalue weighted by Crippen LogP contribution is 2.14. The Morgan fingerprint density at radius 2 is 1.77 bits per heavy atom. The molecule has 0 saturated carbocycles. The van der Waals surface area contributed by atoms with E-state index in [-0.39, 0.29) is 24.5 Å². The highest BCUT2D eigenvalue weighted by Gasteiger charge is 2.11. The third kappa shape index (κ3) is 4.01. The number of nitrogens with zero attached hydrogens (tertiary/aromatic N) is 1. The Labute approximate surface area is 130 Å². The molecule has 1 aromatic heterocycles. The van der Waals surface area contributed by atoms with Gasteiger partial charge in [0.05, 0.1) is 0 Å². The van der Waals surface area contributed by atoms with Gasteiger partial charge in [-0.25, -0.2) is 4.98 Å². The molecular formula is C18H20N2O2. The fourth-order valence-corrected chi connectivity index (χ4v) is 2.10. The number of Topliss-reactive ketones (excluding diaryl/α,β-unsaturated/α-hetero) is 1. The maximum absolute atomic E-state index is 12.1. The summed E-state index contributed by atoms with van der Waals surface area (Å²) in [4.78, 5) is 28.2. The van der Waals surface area contributed by atoms with Gasteiger partial charge in [-0.1, -0.05) is 18.2 Å². The lowest BCUT2D eigenvalue weighted by molar-refractivity contribution is -0.116. The van der Waals surface area contributed by atoms with Crippen molar-refractivity contribution in [2.24, 2.45) is 0 Å². The van der Waals surface area contributed by atoms with Crippen molar-refractivity contribution in [2.45, 2.75) is 33.6 Å². The number of hydrogen-bond acceptors (Lipinski definition) is 3. The number of carbonyl (C=O) groups is 2. The predicted molar refractivity (Wildman–Crippen MR) is 87.1 cm³/mol. The molecule has 4 nitrogen and oxygen atoms in total. The minimum Gasteiger partial charge on any atom is -0.310 e. The van der Waals surface area contributed by atoms with Crippen molar-refractivity contribution in [3.63, 3.8) is 0 Å². The summed E-state index contributed by atoms with van der Waals surface area (Å²) < 4.78 is 0. The van der Waals surface area contributed by atoms with Crippen LogP contribution in [-0.4, -0.2) is 16.7 Å². The number of carbonyl (C=O) groups excluding carboxylic acids is 2. The number of nitrogens with one attached hydrogen (secondary N) is 1. The summed E-state index contributed by atoms with van der Waals surface area (Å²) in [5.74, 6) is 0.334. The first kappa shape index (κ1) is 15.9. The zero-order chi connectivity index (χ0) is 16.1. The van der Waals surface area contributed by atoms with Crippen LogP contribution in [0.2, 0.25) is 0 Å². The first-order valence-corrected chi connectivity index (χ1v) is 7.29. The second-order valence-electron chi connectivity index (χ2n) is 5.44. The summed E-state index contributed by atoms with van der Waals surface area (Å²) in [6, 6.07) is 9.31. The Morgan fingerprint density at radius 3 is 2.45 bits per heavy atom. The first-order chi connectivity index (χ1) is 10.5. The van der Waals surface area contributed by atoms with Crippen molar-refractivity contribution >= 4 is 17.5 Å². The monoisotopic (exact) mass is 296 g/mol. The highest BCUT2D eigenvalue weighted by molar-refractivity contribution is 6.00. The minimum absolute atomic E-state index is 0.0176. The normalized spacial score (nSPS) is 10.3. The number of aryl methyl sites for hydroxylation is 3. The largest absolute Gasteiger partial charge is 0.310 e. The van der Waals surface area contributed by atoms with E-state index in [1.165, 1.54) is 0 Å². The van der Waals surface area contributed by atoms with E-state index in [1.54, 1.807) is 6.20 Å². The predicted octanol–water partition coefficient (Wildman–Crippen LogP) is 3.61. The van der Waals surface area contributed by atoms with Crippen LogP contribution in [0.5, 0.6) is 0 Å². The van der Waals surface area contributed by atoms with Gasteiger partial charge < -0.3 is 5.32 Å². The highest BCUT2D eigenvalue weighted by atomic mass is 16.2. The lowest BCUT2D eigenvalue weighted by Crippen LogP contribution is -2.15. The number of amides is 1. The summed E-state index contributed by atoms with van der Waals surface area (Å²) in [6.45, 7) is 5.86. The number of anilines is 1. The van der Waals surface area contributed by atoms with Crippen molar-refractivity contribution in [3.8, 4) is 0 Å². The van der Waals surface area contributed by atoms with Crippen LogP contribution in [0.15, 0.2) is 36.5 Å². The van der Waals surface area contributed by atoms with E-state index in [2.05, 4.69) is 10.3 Å². The number of aromatic nitrogens is 1. The lowest BCUT2D eigenvalue weighted by atomic mass is 10.0. The average molecular weight is 296 g/mol. The molecule has 1 heterocycles. The van der Waals surface area contributed by atoms with Gasteiger partial charge in [-0.2, -0.15) is 0 Å². The topological polar surface area (TPSA) is 59.1 Å². The van der Waals surface area contributed by atoms with Gasteiger partial charge in [0.1, 0.15) is 5.82 Å². The van der Waals surface area contributed by atoms with Gasteiger partial charge in [0.25, 0.3) is 0 Å². The van der Waals surface area contributed by atoms with Gasteiger partial charge in [0, 0.05) is 24.6 Å². The van der Waals surface area contributed by atoms with Gasteiger partial charge in [0.2, 0.25) is 5.91 Å². The molecule has 0 aliphatic rings. The molecule has 4 heteroatoms. The maximum atomic E-state index is 12.1. The number of ketones is 1. The molecule has 22 heavy (non-hydrogen) atoms. The molecule has 1 aromatic carbocycles. The Kier molecular flexibility index (Phi) is 5.04. The fraction of sp³-hybridized carbons (Fsp3) is 0.278. The second-order valence-corrected chi connectivity index (χ2v) is 5.44. The Hall–Kier alpha value is -2.49. The summed E-state index contributed by atoms with van der Waals surface area (Å²) in [5, 5.41) is 2.74. The molecule has 2 aromatic rings. The van der Waals surface area contributed by atoms with Crippen LogP contribution in [0.1, 0.15) is 39.9 Å². The Bertz CT molecular complexity index is 708. The maximum Gasteiger partial charge on any atom is 0.225 e. The van der Waals surface area contributed by atoms with Crippen LogP contribution < -0.4 is 5.32 Å². The Morgan fingerprint density at radius 1 is 1.00 bits per heavy atom. The van der Waals surface area contributed by atoms with E-state index in [4.69, 9.17) is 0 Å². The van der Waals surface area contributed by atoms with E-state index >= 15 is 0 Å². The van der Waals surface area contributed by atoms with Crippen LogP contribution >= 0.6 is 0 Å². The van der Waals surface area contributed by atoms with Gasteiger partial charge in [0.15, 0.2) is 5.78 Å². The molecular weight excluding hydrogens is 276 g/mol. The van der Waals surface area contributed by atoms with Gasteiger partial charge in [-0.3, -0.25) is 9.59 Å². The SMILES string of the molecule is Cc1ccc(C(=O)CCC(=O)Nc2ncccc2C)cc1C. The van der Waals surface area contributed by atoms with E-state index in [0.717, 1.165) is 16.7 Å². The van der Waals surface area contributed by atoms with Crippen molar-refractivity contribution in [2.75, 3.05) is 5.32 Å². The molecule has 0 aliphatic heterocycles. The molecule has 0 radical (unpaired) electrons. The summed E-state index contributed by atoms with van der Waals surface area (Å²) in [7, 11) is 0. The van der Waals surface area contributed by atoms with Crippen molar-refractivity contribution in [1.82, 2.24) is 4.98 Å². The quantitative estimate of drug-likeness (QED) is 0.857. The smallest absolute Gasteiger partial charge is 0.225 e. The summed E-state index contributed by atoms with van der Waals surface area (Å²) in [5.41, 5.74) is 3.79. The van der Waals surface area contributed by atoms with Crippen LogP contribution in [0.25, 0.3) is 0 Å². The molecule has 0 fully saturated rings. The van der Waals surface area contributed by atoms with Gasteiger partial charge in [-0.05, 0) is 49.6 Å². The molecule has 114 valence electrons. The molecule has 1 amide bonds. The van der Waals surface area contributed by atoms with E-state index < -0.39 is 0 Å². The van der Waals surface area contributed by atoms with Gasteiger partial charge >= 0.3 is 0 Å². The van der Waals surface area contributed by atoms with E-state index in [9.17, 15) is 9.59 Å². The van der Waals surface area contributed by atoms with Crippen LogP contribution in [-0.2, 0) is 4.79 Å². The molecule has 0 atom stereocenters. The van der Waals surface area contributed by atoms with Crippen molar-refractivity contribution in [3.05, 3.63) is 58.8 Å². The van der Waals surface area contributed by atoms with Crippen molar-refractivity contribution in [1.29, 1.82) is 0 Å². The number of pyridine rings is 1. The zero-order valence-corrected chi connectivity index (χ0v) is 13.1. The third-order valence-corrected chi connectivity index (χ3v) is 3.68. The number of hydrogen-bond donors (Lipinski definition) is 1. The first-order valence-electron chi connectivity index (χ1n) is 7.29. The summed E-state index contributed by atoms with van der Waals surface area (Å²) in [6.07, 6.45) is 1.98. The Balaban J connectivity index is 1.92. The van der Waals surface area contributed by atoms with E-state index in [0.29, 0.717) is 11.4 Å². The molecule has 1 N–H and O–H groups in total. The zero-order valence-electron chi connectivity index (χ0n) is 13.1. The number of benzene rings is 1. The molecule has 0 spiro atoms. The van der Waals surface area contributed by atoms with Crippen LogP contribution in [0, 0.1) is 20.8 Å². The standard InChI is InChI=1S/C18H20N2O2/c1-12-6-7-15(11-14(12)3)16(21)8-9-17(22)20-18-13(2)5-4-10-19-18/h4-7,10-11H,8-9H2,1-3H3,(H,19,20,22). The lowest BCUT2D eigenvalue weighted by Gasteiger charge is -2.07. The van der Waals surface area contributed by atoms with E-state index in [1.807, 2.05) is 51.1 Å². The number of rotatable bonds is 5. The van der Waals surface area contributed by atoms with Crippen LogP contribution in [0.3, 0.4) is 0 Å². The minimum atomic E-state index is -0.195. The third-order valence-electron chi connectivity index (χ3n) is 3.68.